The number of carbonyl (C=O) groups is 1. The largest absolute Gasteiger partial charge is 0.481 e. The van der Waals surface area contributed by atoms with Gasteiger partial charge in [0.25, 0.3) is 5.91 Å². The second kappa shape index (κ2) is 7.79. The van der Waals surface area contributed by atoms with E-state index < -0.39 is 6.10 Å². The molecule has 4 nitrogen and oxygen atoms in total. The Morgan fingerprint density at radius 2 is 1.78 bits per heavy atom. The molecule has 0 radical (unpaired) electrons. The van der Waals surface area contributed by atoms with Gasteiger partial charge in [-0.05, 0) is 61.7 Å². The number of hydrogen-bond acceptors (Lipinski definition) is 3. The van der Waals surface area contributed by atoms with E-state index in [1.807, 2.05) is 44.2 Å². The molecule has 2 rings (SSSR count). The van der Waals surface area contributed by atoms with E-state index in [1.165, 1.54) is 0 Å². The smallest absolute Gasteiger partial charge is 0.280 e. The predicted molar refractivity (Wildman–Crippen MR) is 93.2 cm³/mol. The van der Waals surface area contributed by atoms with Crippen molar-refractivity contribution in [2.45, 2.75) is 26.9 Å². The van der Waals surface area contributed by atoms with Gasteiger partial charge in [0, 0.05) is 5.02 Å². The molecule has 0 aromatic heterocycles. The molecule has 1 amide bonds. The molecule has 1 atom stereocenters. The Bertz CT molecular complexity index is 691. The third-order valence-electron chi connectivity index (χ3n) is 3.14. The van der Waals surface area contributed by atoms with Crippen LogP contribution in [0.4, 0.5) is 0 Å². The van der Waals surface area contributed by atoms with Crippen molar-refractivity contribution in [3.63, 3.8) is 0 Å². The van der Waals surface area contributed by atoms with Crippen LogP contribution in [0.2, 0.25) is 5.02 Å². The zero-order valence-electron chi connectivity index (χ0n) is 13.3. The summed E-state index contributed by atoms with van der Waals surface area (Å²) < 4.78 is 5.65. The summed E-state index contributed by atoms with van der Waals surface area (Å²) in [5, 5.41) is 4.58. The van der Waals surface area contributed by atoms with Gasteiger partial charge in [0.1, 0.15) is 5.75 Å². The third-order valence-corrected chi connectivity index (χ3v) is 3.39. The zero-order valence-corrected chi connectivity index (χ0v) is 14.1. The van der Waals surface area contributed by atoms with Crippen LogP contribution in [-0.4, -0.2) is 18.2 Å². The van der Waals surface area contributed by atoms with Crippen LogP contribution in [0, 0.1) is 13.8 Å². The van der Waals surface area contributed by atoms with E-state index in [1.54, 1.807) is 25.3 Å². The summed E-state index contributed by atoms with van der Waals surface area (Å²) in [6, 6.07) is 13.0. The minimum absolute atomic E-state index is 0.311. The summed E-state index contributed by atoms with van der Waals surface area (Å²) in [7, 11) is 0. The molecule has 0 heterocycles. The summed E-state index contributed by atoms with van der Waals surface area (Å²) in [6.45, 7) is 5.66. The molecule has 0 spiro atoms. The zero-order chi connectivity index (χ0) is 16.8. The molecule has 23 heavy (non-hydrogen) atoms. The fourth-order valence-corrected chi connectivity index (χ4v) is 2.19. The van der Waals surface area contributed by atoms with Gasteiger partial charge in [-0.3, -0.25) is 4.79 Å². The Balaban J connectivity index is 1.90. The van der Waals surface area contributed by atoms with Crippen LogP contribution in [0.25, 0.3) is 0 Å². The molecule has 0 bridgehead atoms. The van der Waals surface area contributed by atoms with Crippen molar-refractivity contribution in [2.24, 2.45) is 5.10 Å². The van der Waals surface area contributed by atoms with Crippen molar-refractivity contribution in [1.29, 1.82) is 0 Å². The van der Waals surface area contributed by atoms with Crippen LogP contribution in [-0.2, 0) is 4.79 Å². The van der Waals surface area contributed by atoms with E-state index in [0.717, 1.165) is 16.7 Å². The molecule has 120 valence electrons. The first-order valence-corrected chi connectivity index (χ1v) is 7.65. The molecule has 0 aliphatic rings. The van der Waals surface area contributed by atoms with Gasteiger partial charge in [-0.2, -0.15) is 5.10 Å². The number of amides is 1. The van der Waals surface area contributed by atoms with Crippen LogP contribution in [0.1, 0.15) is 23.6 Å². The Kier molecular flexibility index (Phi) is 5.77. The number of nitrogens with one attached hydrogen (secondary N) is 1. The molecule has 1 N–H and O–H groups in total. The highest BCUT2D eigenvalue weighted by Crippen LogP contribution is 2.17. The monoisotopic (exact) mass is 330 g/mol. The Hall–Kier alpha value is -2.33. The highest BCUT2D eigenvalue weighted by molar-refractivity contribution is 6.30. The number of rotatable bonds is 5. The number of benzene rings is 2. The van der Waals surface area contributed by atoms with Gasteiger partial charge in [-0.25, -0.2) is 5.43 Å². The van der Waals surface area contributed by atoms with Gasteiger partial charge in [0.2, 0.25) is 0 Å². The summed E-state index contributed by atoms with van der Waals surface area (Å²) in [6.07, 6.45) is 0.913. The molecule has 0 unspecified atom stereocenters. The molecule has 0 saturated carbocycles. The van der Waals surface area contributed by atoms with Gasteiger partial charge in [0.15, 0.2) is 6.10 Å². The predicted octanol–water partition coefficient (Wildman–Crippen LogP) is 3.87. The number of hydrazone groups is 1. The van der Waals surface area contributed by atoms with E-state index in [4.69, 9.17) is 16.3 Å². The first-order valence-electron chi connectivity index (χ1n) is 7.27. The highest BCUT2D eigenvalue weighted by Gasteiger charge is 2.14. The third kappa shape index (κ3) is 5.42. The topological polar surface area (TPSA) is 50.7 Å². The molecular weight excluding hydrogens is 312 g/mol. The van der Waals surface area contributed by atoms with Gasteiger partial charge in [-0.15, -0.1) is 0 Å². The average Bonchev–Trinajstić information content (AvgIpc) is 2.48. The number of carbonyl (C=O) groups excluding carboxylic acids is 1. The summed E-state index contributed by atoms with van der Waals surface area (Å²) in [4.78, 5) is 12.0. The van der Waals surface area contributed by atoms with Crippen LogP contribution in [0.5, 0.6) is 5.75 Å². The Morgan fingerprint density at radius 1 is 1.17 bits per heavy atom. The second-order valence-corrected chi connectivity index (χ2v) is 5.81. The van der Waals surface area contributed by atoms with Crippen molar-refractivity contribution in [2.75, 3.05) is 0 Å². The quantitative estimate of drug-likeness (QED) is 0.668. The van der Waals surface area contributed by atoms with E-state index in [-0.39, 0.29) is 5.91 Å². The van der Waals surface area contributed by atoms with Crippen LogP contribution in [0.3, 0.4) is 0 Å². The molecule has 2 aromatic carbocycles. The van der Waals surface area contributed by atoms with E-state index in [9.17, 15) is 4.79 Å². The van der Waals surface area contributed by atoms with Gasteiger partial charge >= 0.3 is 0 Å². The van der Waals surface area contributed by atoms with Crippen molar-refractivity contribution in [3.8, 4) is 5.75 Å². The number of hydrogen-bond donors (Lipinski definition) is 1. The Morgan fingerprint density at radius 3 is 2.39 bits per heavy atom. The lowest BCUT2D eigenvalue weighted by atomic mass is 10.1. The maximum absolute atomic E-state index is 12.0. The van der Waals surface area contributed by atoms with Crippen LogP contribution in [0.15, 0.2) is 47.6 Å². The van der Waals surface area contributed by atoms with E-state index in [0.29, 0.717) is 10.8 Å². The minimum atomic E-state index is -0.640. The molecule has 0 fully saturated rings. The first kappa shape index (κ1) is 17.0. The molecule has 0 aliphatic heterocycles. The van der Waals surface area contributed by atoms with Gasteiger partial charge in [0.05, 0.1) is 6.21 Å². The second-order valence-electron chi connectivity index (χ2n) is 5.37. The van der Waals surface area contributed by atoms with Crippen LogP contribution >= 0.6 is 11.6 Å². The lowest BCUT2D eigenvalue weighted by Gasteiger charge is -2.14. The summed E-state index contributed by atoms with van der Waals surface area (Å²) in [5.41, 5.74) is 5.49. The van der Waals surface area contributed by atoms with E-state index >= 15 is 0 Å². The summed E-state index contributed by atoms with van der Waals surface area (Å²) in [5.74, 6) is 0.362. The lowest BCUT2D eigenvalue weighted by molar-refractivity contribution is -0.127. The van der Waals surface area contributed by atoms with Crippen molar-refractivity contribution in [1.82, 2.24) is 5.43 Å². The Labute approximate surface area is 141 Å². The molecule has 5 heteroatoms. The van der Waals surface area contributed by atoms with Gasteiger partial charge in [-0.1, -0.05) is 29.8 Å². The van der Waals surface area contributed by atoms with Crippen molar-refractivity contribution < 1.29 is 9.53 Å². The molecule has 0 aliphatic carbocycles. The number of halogens is 1. The molecule has 2 aromatic rings. The fourth-order valence-electron chi connectivity index (χ4n) is 2.07. The van der Waals surface area contributed by atoms with E-state index in [2.05, 4.69) is 10.5 Å². The molecular formula is C18H19ClN2O2. The lowest BCUT2D eigenvalue weighted by Crippen LogP contribution is -2.33. The maximum atomic E-state index is 12.0. The van der Waals surface area contributed by atoms with Crippen LogP contribution < -0.4 is 10.2 Å². The normalized spacial score (nSPS) is 12.2. The standard InChI is InChI=1S/C18H19ClN2O2/c1-12-8-13(2)10-17(9-12)23-14(3)18(22)21-20-11-15-4-6-16(19)7-5-15/h4-11,14H,1-3H3,(H,21,22)/b20-11+/t14-/m1/s1. The number of aryl methyl sites for hydroxylation is 2. The highest BCUT2D eigenvalue weighted by atomic mass is 35.5. The SMILES string of the molecule is Cc1cc(C)cc(O[C@H](C)C(=O)N/N=C/c2ccc(Cl)cc2)c1. The first-order chi connectivity index (χ1) is 10.9. The average molecular weight is 331 g/mol. The van der Waals surface area contributed by atoms with Gasteiger partial charge < -0.3 is 4.74 Å². The van der Waals surface area contributed by atoms with Crippen molar-refractivity contribution in [3.05, 3.63) is 64.2 Å². The minimum Gasteiger partial charge on any atom is -0.481 e. The maximum Gasteiger partial charge on any atom is 0.280 e. The molecule has 0 saturated heterocycles. The fraction of sp³-hybridized carbons (Fsp3) is 0.222. The van der Waals surface area contributed by atoms with Crippen molar-refractivity contribution >= 4 is 23.7 Å². The summed E-state index contributed by atoms with van der Waals surface area (Å²) >= 11 is 5.81. The number of nitrogens with zero attached hydrogens (tertiary/aromatic N) is 1. The number of ether oxygens (including phenoxy) is 1.